The van der Waals surface area contributed by atoms with Crippen LogP contribution in [0, 0.1) is 10.1 Å². The third kappa shape index (κ3) is 1.69. The zero-order valence-corrected chi connectivity index (χ0v) is 7.28. The highest BCUT2D eigenvalue weighted by Gasteiger charge is 2.13. The summed E-state index contributed by atoms with van der Waals surface area (Å²) in [5, 5.41) is 10.4. The number of anilines is 2. The molecule has 0 aliphatic rings. The third-order valence-electron chi connectivity index (χ3n) is 1.87. The maximum absolute atomic E-state index is 10.4. The zero-order valence-electron chi connectivity index (χ0n) is 7.28. The lowest BCUT2D eigenvalue weighted by molar-refractivity contribution is -0.383. The summed E-state index contributed by atoms with van der Waals surface area (Å²) in [7, 11) is 0. The first-order chi connectivity index (χ1) is 6.06. The van der Waals surface area contributed by atoms with Crippen LogP contribution in [0.3, 0.4) is 0 Å². The Hall–Kier alpha value is -1.78. The molecule has 0 radical (unpaired) electrons. The van der Waals surface area contributed by atoms with Crippen LogP contribution in [0.1, 0.15) is 12.5 Å². The van der Waals surface area contributed by atoms with E-state index in [2.05, 4.69) is 0 Å². The summed E-state index contributed by atoms with van der Waals surface area (Å²) in [6, 6.07) is 2.85. The second kappa shape index (κ2) is 3.30. The van der Waals surface area contributed by atoms with E-state index in [0.29, 0.717) is 12.1 Å². The van der Waals surface area contributed by atoms with Crippen molar-refractivity contribution in [3.63, 3.8) is 0 Å². The molecule has 0 bridgehead atoms. The van der Waals surface area contributed by atoms with E-state index in [4.69, 9.17) is 11.5 Å². The van der Waals surface area contributed by atoms with Crippen LogP contribution < -0.4 is 11.5 Å². The van der Waals surface area contributed by atoms with Gasteiger partial charge in [0.1, 0.15) is 5.69 Å². The van der Waals surface area contributed by atoms with E-state index in [1.807, 2.05) is 6.92 Å². The van der Waals surface area contributed by atoms with Gasteiger partial charge in [0.25, 0.3) is 5.69 Å². The number of hydrogen-bond acceptors (Lipinski definition) is 4. The van der Waals surface area contributed by atoms with Gasteiger partial charge in [-0.3, -0.25) is 10.1 Å². The summed E-state index contributed by atoms with van der Waals surface area (Å²) in [5.74, 6) is 0. The lowest BCUT2D eigenvalue weighted by atomic mass is 10.1. The van der Waals surface area contributed by atoms with Crippen LogP contribution in [0.4, 0.5) is 17.1 Å². The predicted octanol–water partition coefficient (Wildman–Crippen LogP) is 1.32. The average Bonchev–Trinajstić information content (AvgIpc) is 2.07. The second-order valence-corrected chi connectivity index (χ2v) is 2.72. The highest BCUT2D eigenvalue weighted by atomic mass is 16.6. The number of nitrogens with zero attached hydrogens (tertiary/aromatic N) is 1. The molecule has 0 amide bonds. The van der Waals surface area contributed by atoms with E-state index in [0.717, 1.165) is 5.56 Å². The molecule has 0 fully saturated rings. The number of nitrogen functional groups attached to an aromatic ring is 2. The molecule has 1 aromatic rings. The number of nitro groups is 1. The van der Waals surface area contributed by atoms with Crippen molar-refractivity contribution in [2.45, 2.75) is 13.3 Å². The Bertz CT molecular complexity index is 349. The fraction of sp³-hybridized carbons (Fsp3) is 0.250. The van der Waals surface area contributed by atoms with Crippen molar-refractivity contribution in [1.82, 2.24) is 0 Å². The van der Waals surface area contributed by atoms with Crippen molar-refractivity contribution in [2.24, 2.45) is 0 Å². The number of hydrogen-bond donors (Lipinski definition) is 2. The first-order valence-electron chi connectivity index (χ1n) is 3.88. The van der Waals surface area contributed by atoms with Crippen LogP contribution in [0.15, 0.2) is 12.1 Å². The highest BCUT2D eigenvalue weighted by Crippen LogP contribution is 2.27. The van der Waals surface area contributed by atoms with Gasteiger partial charge in [0.05, 0.1) is 4.92 Å². The summed E-state index contributed by atoms with van der Waals surface area (Å²) in [4.78, 5) is 9.91. The molecule has 0 atom stereocenters. The summed E-state index contributed by atoms with van der Waals surface area (Å²) in [6.45, 7) is 1.91. The summed E-state index contributed by atoms with van der Waals surface area (Å²) < 4.78 is 0. The van der Waals surface area contributed by atoms with Crippen molar-refractivity contribution in [3.8, 4) is 0 Å². The molecule has 0 saturated carbocycles. The van der Waals surface area contributed by atoms with Gasteiger partial charge < -0.3 is 11.5 Å². The minimum atomic E-state index is -0.537. The van der Waals surface area contributed by atoms with Crippen molar-refractivity contribution in [2.75, 3.05) is 11.5 Å². The molecule has 1 aromatic carbocycles. The number of nitro benzene ring substituents is 1. The molecule has 0 unspecified atom stereocenters. The van der Waals surface area contributed by atoms with Gasteiger partial charge in [-0.25, -0.2) is 0 Å². The molecule has 70 valence electrons. The predicted molar refractivity (Wildman–Crippen MR) is 51.3 cm³/mol. The summed E-state index contributed by atoms with van der Waals surface area (Å²) in [6.07, 6.45) is 0.716. The lowest BCUT2D eigenvalue weighted by Crippen LogP contribution is -2.00. The van der Waals surface area contributed by atoms with E-state index in [1.54, 1.807) is 6.07 Å². The van der Waals surface area contributed by atoms with E-state index >= 15 is 0 Å². The van der Waals surface area contributed by atoms with E-state index in [9.17, 15) is 10.1 Å². The van der Waals surface area contributed by atoms with Gasteiger partial charge in [0.2, 0.25) is 0 Å². The maximum Gasteiger partial charge on any atom is 0.294 e. The van der Waals surface area contributed by atoms with Crippen molar-refractivity contribution in [3.05, 3.63) is 27.8 Å². The van der Waals surface area contributed by atoms with E-state index < -0.39 is 4.92 Å². The topological polar surface area (TPSA) is 95.2 Å². The van der Waals surface area contributed by atoms with Gasteiger partial charge in [0, 0.05) is 11.8 Å². The molecule has 0 saturated heterocycles. The van der Waals surface area contributed by atoms with E-state index in [1.165, 1.54) is 6.07 Å². The van der Waals surface area contributed by atoms with Gasteiger partial charge in [-0.2, -0.15) is 0 Å². The standard InChI is InChI=1S/C8H11N3O2/c1-2-5-3-7(10)8(11(12)13)4-6(5)9/h3-4H,2,9-10H2,1H3. The lowest BCUT2D eigenvalue weighted by Gasteiger charge is -2.04. The smallest absolute Gasteiger partial charge is 0.294 e. The van der Waals surface area contributed by atoms with Crippen LogP contribution in [0.25, 0.3) is 0 Å². The molecular weight excluding hydrogens is 170 g/mol. The molecule has 0 aromatic heterocycles. The molecule has 13 heavy (non-hydrogen) atoms. The highest BCUT2D eigenvalue weighted by molar-refractivity contribution is 5.67. The fourth-order valence-corrected chi connectivity index (χ4v) is 1.13. The number of benzene rings is 1. The van der Waals surface area contributed by atoms with Crippen molar-refractivity contribution < 1.29 is 4.92 Å². The normalized spacial score (nSPS) is 9.92. The zero-order chi connectivity index (χ0) is 10.0. The van der Waals surface area contributed by atoms with Crippen LogP contribution in [-0.2, 0) is 6.42 Å². The summed E-state index contributed by atoms with van der Waals surface area (Å²) in [5.41, 5.74) is 12.3. The van der Waals surface area contributed by atoms with Gasteiger partial charge in [0.15, 0.2) is 0 Å². The van der Waals surface area contributed by atoms with Crippen molar-refractivity contribution in [1.29, 1.82) is 0 Å². The molecule has 0 spiro atoms. The Morgan fingerprint density at radius 2 is 2.00 bits per heavy atom. The Kier molecular flexibility index (Phi) is 2.36. The Morgan fingerprint density at radius 1 is 1.38 bits per heavy atom. The van der Waals surface area contributed by atoms with Crippen LogP contribution in [-0.4, -0.2) is 4.92 Å². The molecule has 0 aliphatic carbocycles. The van der Waals surface area contributed by atoms with Gasteiger partial charge >= 0.3 is 0 Å². The van der Waals surface area contributed by atoms with Gasteiger partial charge in [-0.1, -0.05) is 6.92 Å². The summed E-state index contributed by atoms with van der Waals surface area (Å²) >= 11 is 0. The molecular formula is C8H11N3O2. The van der Waals surface area contributed by atoms with Crippen molar-refractivity contribution >= 4 is 17.1 Å². The monoisotopic (exact) mass is 181 g/mol. The maximum atomic E-state index is 10.4. The molecule has 4 N–H and O–H groups in total. The first-order valence-corrected chi connectivity index (χ1v) is 3.88. The number of aryl methyl sites for hydroxylation is 1. The van der Waals surface area contributed by atoms with Crippen LogP contribution in [0.5, 0.6) is 0 Å². The first kappa shape index (κ1) is 9.31. The fourth-order valence-electron chi connectivity index (χ4n) is 1.13. The molecule has 0 heterocycles. The SMILES string of the molecule is CCc1cc(N)c([N+](=O)[O-])cc1N. The Labute approximate surface area is 75.5 Å². The Morgan fingerprint density at radius 3 is 2.46 bits per heavy atom. The van der Waals surface area contributed by atoms with Crippen LogP contribution >= 0.6 is 0 Å². The van der Waals surface area contributed by atoms with Gasteiger partial charge in [-0.15, -0.1) is 0 Å². The Balaban J connectivity index is 3.28. The molecule has 1 rings (SSSR count). The number of rotatable bonds is 2. The minimum Gasteiger partial charge on any atom is -0.398 e. The van der Waals surface area contributed by atoms with E-state index in [-0.39, 0.29) is 11.4 Å². The number of nitrogens with two attached hydrogens (primary N) is 2. The molecule has 5 nitrogen and oxygen atoms in total. The molecule has 5 heteroatoms. The second-order valence-electron chi connectivity index (χ2n) is 2.72. The quantitative estimate of drug-likeness (QED) is 0.408. The van der Waals surface area contributed by atoms with Gasteiger partial charge in [-0.05, 0) is 18.1 Å². The largest absolute Gasteiger partial charge is 0.398 e. The van der Waals surface area contributed by atoms with Crippen LogP contribution in [0.2, 0.25) is 0 Å². The minimum absolute atomic E-state index is 0.130. The third-order valence-corrected chi connectivity index (χ3v) is 1.87. The molecule has 0 aliphatic heterocycles. The average molecular weight is 181 g/mol.